The van der Waals surface area contributed by atoms with Crippen molar-refractivity contribution in [3.05, 3.63) is 127 Å². The van der Waals surface area contributed by atoms with Crippen LogP contribution in [0.2, 0.25) is 10.0 Å². The number of carbonyl (C=O) groups excluding carboxylic acids is 2. The van der Waals surface area contributed by atoms with Gasteiger partial charge in [0.1, 0.15) is 11.4 Å². The summed E-state index contributed by atoms with van der Waals surface area (Å²) in [5.41, 5.74) is 0.221. The highest BCUT2D eigenvalue weighted by molar-refractivity contribution is 6.31. The molecule has 1 atom stereocenters. The van der Waals surface area contributed by atoms with Gasteiger partial charge in [-0.05, 0) is 53.4 Å². The summed E-state index contributed by atoms with van der Waals surface area (Å²) in [5.74, 6) is -4.47. The Morgan fingerprint density at radius 2 is 1.51 bits per heavy atom. The van der Waals surface area contributed by atoms with Gasteiger partial charge in [0.2, 0.25) is 5.91 Å². The molecule has 4 aromatic rings. The molecular weight excluding hydrogens is 578 g/mol. The lowest BCUT2D eigenvalue weighted by Crippen LogP contribution is -2.42. The van der Waals surface area contributed by atoms with Crippen LogP contribution in [0.1, 0.15) is 27.9 Å². The highest BCUT2D eigenvalue weighted by Crippen LogP contribution is 2.28. The van der Waals surface area contributed by atoms with E-state index in [1.807, 2.05) is 0 Å². The summed E-state index contributed by atoms with van der Waals surface area (Å²) in [6, 6.07) is 14.9. The first-order valence-corrected chi connectivity index (χ1v) is 13.2. The number of halogens is 5. The smallest absolute Gasteiger partial charge is 0.263 e. The van der Waals surface area contributed by atoms with Crippen LogP contribution in [-0.4, -0.2) is 29.5 Å². The molecule has 0 aliphatic carbocycles. The minimum absolute atomic E-state index is 0.114. The molecule has 1 heterocycles. The number of hydrogen-bond acceptors (Lipinski definition) is 3. The van der Waals surface area contributed by atoms with Crippen molar-refractivity contribution in [1.82, 2.24) is 15.2 Å². The molecule has 0 spiro atoms. The quantitative estimate of drug-likeness (QED) is 0.239. The van der Waals surface area contributed by atoms with Crippen molar-refractivity contribution in [3.8, 4) is 11.1 Å². The maximum Gasteiger partial charge on any atom is 0.263 e. The highest BCUT2D eigenvalue weighted by atomic mass is 35.5. The van der Waals surface area contributed by atoms with Gasteiger partial charge in [-0.25, -0.2) is 13.2 Å². The fourth-order valence-corrected chi connectivity index (χ4v) is 4.67. The molecule has 1 aromatic heterocycles. The predicted octanol–water partition coefficient (Wildman–Crippen LogP) is 5.76. The lowest BCUT2D eigenvalue weighted by Gasteiger charge is -2.19. The van der Waals surface area contributed by atoms with E-state index in [9.17, 15) is 27.6 Å². The zero-order valence-electron chi connectivity index (χ0n) is 21.7. The van der Waals surface area contributed by atoms with Crippen LogP contribution in [-0.2, 0) is 17.8 Å². The van der Waals surface area contributed by atoms with Gasteiger partial charge >= 0.3 is 0 Å². The molecule has 2 N–H and O–H groups in total. The monoisotopic (exact) mass is 601 g/mol. The van der Waals surface area contributed by atoms with Crippen LogP contribution in [0, 0.1) is 17.5 Å². The summed E-state index contributed by atoms with van der Waals surface area (Å²) in [5, 5.41) is 5.93. The SMILES string of the molecule is CNC(=O)C[C@@H](Cc1ccc(-c2c(F)ccc(F)c2F)cc1)NC(=O)c1cc(Cl)cn(Cc2ccc(Cl)cc2)c1=O. The molecule has 0 aliphatic heterocycles. The molecule has 11 heteroatoms. The van der Waals surface area contributed by atoms with Crippen LogP contribution >= 0.6 is 23.2 Å². The van der Waals surface area contributed by atoms with Crippen LogP contribution < -0.4 is 16.2 Å². The number of pyridine rings is 1. The first-order valence-electron chi connectivity index (χ1n) is 12.4. The Hall–Kier alpha value is -4.08. The highest BCUT2D eigenvalue weighted by Gasteiger charge is 2.22. The summed E-state index contributed by atoms with van der Waals surface area (Å²) in [7, 11) is 1.45. The zero-order chi connectivity index (χ0) is 29.7. The largest absolute Gasteiger partial charge is 0.359 e. The maximum absolute atomic E-state index is 14.2. The molecule has 0 unspecified atom stereocenters. The summed E-state index contributed by atoms with van der Waals surface area (Å²) >= 11 is 12.2. The topological polar surface area (TPSA) is 80.2 Å². The molecule has 3 aromatic carbocycles. The van der Waals surface area contributed by atoms with Crippen molar-refractivity contribution in [2.24, 2.45) is 0 Å². The molecule has 0 aliphatic rings. The van der Waals surface area contributed by atoms with E-state index in [1.165, 1.54) is 36.0 Å². The Bertz CT molecular complexity index is 1640. The van der Waals surface area contributed by atoms with Gasteiger partial charge < -0.3 is 15.2 Å². The third-order valence-corrected chi connectivity index (χ3v) is 6.84. The molecule has 0 bridgehead atoms. The fraction of sp³-hybridized carbons (Fsp3) is 0.167. The second kappa shape index (κ2) is 13.1. The van der Waals surface area contributed by atoms with Crippen molar-refractivity contribution in [3.63, 3.8) is 0 Å². The van der Waals surface area contributed by atoms with Crippen LogP contribution in [0.5, 0.6) is 0 Å². The number of nitrogens with one attached hydrogen (secondary N) is 2. The van der Waals surface area contributed by atoms with E-state index in [4.69, 9.17) is 23.2 Å². The van der Waals surface area contributed by atoms with Gasteiger partial charge in [-0.3, -0.25) is 14.4 Å². The first kappa shape index (κ1) is 29.9. The molecule has 41 heavy (non-hydrogen) atoms. The fourth-order valence-electron chi connectivity index (χ4n) is 4.31. The number of amides is 2. The molecule has 212 valence electrons. The van der Waals surface area contributed by atoms with Crippen molar-refractivity contribution in [2.75, 3.05) is 7.05 Å². The van der Waals surface area contributed by atoms with Gasteiger partial charge in [0.25, 0.3) is 11.5 Å². The number of hydrogen-bond donors (Lipinski definition) is 2. The second-order valence-corrected chi connectivity index (χ2v) is 10.2. The van der Waals surface area contributed by atoms with Crippen LogP contribution in [0.15, 0.2) is 77.7 Å². The van der Waals surface area contributed by atoms with E-state index in [2.05, 4.69) is 10.6 Å². The summed E-state index contributed by atoms with van der Waals surface area (Å²) in [6.07, 6.45) is 1.45. The molecule has 0 radical (unpaired) electrons. The summed E-state index contributed by atoms with van der Waals surface area (Å²) in [4.78, 5) is 38.6. The van der Waals surface area contributed by atoms with Gasteiger partial charge in [0, 0.05) is 30.7 Å². The third kappa shape index (κ3) is 7.36. The Labute approximate surface area is 243 Å². The zero-order valence-corrected chi connectivity index (χ0v) is 23.2. The standard InChI is InChI=1S/C30H24Cl2F3N3O3/c1-36-26(39)14-22(12-17-2-6-19(7-3-17)27-24(33)10-11-25(34)28(27)35)37-29(40)23-13-21(32)16-38(30(23)41)15-18-4-8-20(31)9-5-18/h2-11,13,16,22H,12,14-15H2,1H3,(H,36,39)(H,37,40)/t22-/m1/s1. The lowest BCUT2D eigenvalue weighted by molar-refractivity contribution is -0.121. The average molecular weight is 602 g/mol. The Morgan fingerprint density at radius 3 is 2.17 bits per heavy atom. The minimum atomic E-state index is -1.30. The summed E-state index contributed by atoms with van der Waals surface area (Å²) in [6.45, 7) is 0.150. The van der Waals surface area contributed by atoms with Gasteiger partial charge in [0.15, 0.2) is 11.6 Å². The molecule has 6 nitrogen and oxygen atoms in total. The van der Waals surface area contributed by atoms with E-state index >= 15 is 0 Å². The Balaban J connectivity index is 1.56. The Morgan fingerprint density at radius 1 is 0.878 bits per heavy atom. The van der Waals surface area contributed by atoms with Crippen LogP contribution in [0.3, 0.4) is 0 Å². The number of aromatic nitrogens is 1. The van der Waals surface area contributed by atoms with Crippen molar-refractivity contribution >= 4 is 35.0 Å². The van der Waals surface area contributed by atoms with E-state index in [1.54, 1.807) is 36.4 Å². The van der Waals surface area contributed by atoms with Crippen LogP contribution in [0.4, 0.5) is 13.2 Å². The number of nitrogens with zero attached hydrogens (tertiary/aromatic N) is 1. The van der Waals surface area contributed by atoms with E-state index in [0.717, 1.165) is 11.6 Å². The van der Waals surface area contributed by atoms with Gasteiger partial charge in [0.05, 0.1) is 17.1 Å². The number of carbonyl (C=O) groups is 2. The van der Waals surface area contributed by atoms with E-state index in [0.29, 0.717) is 16.7 Å². The van der Waals surface area contributed by atoms with Gasteiger partial charge in [-0.15, -0.1) is 0 Å². The second-order valence-electron chi connectivity index (χ2n) is 9.30. The van der Waals surface area contributed by atoms with E-state index in [-0.39, 0.29) is 41.4 Å². The number of benzene rings is 3. The third-order valence-electron chi connectivity index (χ3n) is 6.38. The molecule has 0 fully saturated rings. The predicted molar refractivity (Wildman–Crippen MR) is 152 cm³/mol. The number of rotatable bonds is 9. The normalized spacial score (nSPS) is 11.7. The molecule has 2 amide bonds. The molecule has 0 saturated carbocycles. The summed E-state index contributed by atoms with van der Waals surface area (Å²) < 4.78 is 43.4. The lowest BCUT2D eigenvalue weighted by atomic mass is 9.98. The van der Waals surface area contributed by atoms with Crippen molar-refractivity contribution < 1.29 is 22.8 Å². The van der Waals surface area contributed by atoms with Crippen LogP contribution in [0.25, 0.3) is 11.1 Å². The molecule has 0 saturated heterocycles. The van der Waals surface area contributed by atoms with E-state index < -0.39 is 40.5 Å². The molecular formula is C30H24Cl2F3N3O3. The Kier molecular flexibility index (Phi) is 9.52. The van der Waals surface area contributed by atoms with Gasteiger partial charge in [-0.1, -0.05) is 59.6 Å². The average Bonchev–Trinajstić information content (AvgIpc) is 2.94. The van der Waals surface area contributed by atoms with Crippen molar-refractivity contribution in [1.29, 1.82) is 0 Å². The maximum atomic E-state index is 14.2. The minimum Gasteiger partial charge on any atom is -0.359 e. The molecule has 4 rings (SSSR count). The van der Waals surface area contributed by atoms with Gasteiger partial charge in [-0.2, -0.15) is 0 Å². The first-order chi connectivity index (χ1) is 19.5. The van der Waals surface area contributed by atoms with Crippen molar-refractivity contribution in [2.45, 2.75) is 25.4 Å².